The van der Waals surface area contributed by atoms with Gasteiger partial charge >= 0.3 is 0 Å². The number of aromatic nitrogens is 1. The molecule has 1 heteroatoms. The fraction of sp³-hybridized carbons (Fsp3) is 0.0870. The molecule has 0 fully saturated rings. The molecule has 0 aliphatic heterocycles. The first-order valence-corrected chi connectivity index (χ1v) is 8.48. The molecule has 0 unspecified atom stereocenters. The molecule has 4 aromatic carbocycles. The van der Waals surface area contributed by atoms with Crippen molar-refractivity contribution >= 4 is 43.4 Å². The highest BCUT2D eigenvalue weighted by molar-refractivity contribution is 6.15. The van der Waals surface area contributed by atoms with Crippen LogP contribution in [0.15, 0.2) is 72.8 Å². The number of hydrogen-bond donors (Lipinski definition) is 0. The van der Waals surface area contributed by atoms with Crippen molar-refractivity contribution < 1.29 is 0 Å². The van der Waals surface area contributed by atoms with Crippen molar-refractivity contribution in [2.45, 2.75) is 13.3 Å². The molecule has 24 heavy (non-hydrogen) atoms. The van der Waals surface area contributed by atoms with Crippen molar-refractivity contribution in [3.05, 3.63) is 78.4 Å². The Kier molecular flexibility index (Phi) is 2.83. The van der Waals surface area contributed by atoms with Gasteiger partial charge in [-0.25, -0.2) is 4.98 Å². The van der Waals surface area contributed by atoms with E-state index in [1.807, 2.05) is 0 Å². The van der Waals surface area contributed by atoms with Gasteiger partial charge in [0.15, 0.2) is 0 Å². The van der Waals surface area contributed by atoms with Gasteiger partial charge in [0.25, 0.3) is 0 Å². The van der Waals surface area contributed by atoms with Crippen molar-refractivity contribution in [1.82, 2.24) is 4.98 Å². The summed E-state index contributed by atoms with van der Waals surface area (Å²) in [6.45, 7) is 2.22. The molecule has 0 N–H and O–H groups in total. The van der Waals surface area contributed by atoms with E-state index in [1.165, 1.54) is 37.9 Å². The van der Waals surface area contributed by atoms with Crippen molar-refractivity contribution in [2.24, 2.45) is 0 Å². The average Bonchev–Trinajstić information content (AvgIpc) is 2.65. The van der Waals surface area contributed by atoms with Crippen molar-refractivity contribution in [1.29, 1.82) is 0 Å². The van der Waals surface area contributed by atoms with Crippen LogP contribution >= 0.6 is 0 Å². The summed E-state index contributed by atoms with van der Waals surface area (Å²) in [4.78, 5) is 4.95. The molecule has 0 saturated carbocycles. The van der Waals surface area contributed by atoms with Gasteiger partial charge < -0.3 is 0 Å². The van der Waals surface area contributed by atoms with Crippen LogP contribution in [-0.4, -0.2) is 4.98 Å². The Balaban J connectivity index is 2.04. The number of fused-ring (bicyclic) bond motifs is 6. The van der Waals surface area contributed by atoms with Gasteiger partial charge in [0.1, 0.15) is 0 Å². The topological polar surface area (TPSA) is 12.9 Å². The summed E-state index contributed by atoms with van der Waals surface area (Å²) in [6.07, 6.45) is 1.03. The number of benzene rings is 4. The Morgan fingerprint density at radius 2 is 1.42 bits per heavy atom. The zero-order valence-corrected chi connectivity index (χ0v) is 13.6. The van der Waals surface area contributed by atoms with Crippen LogP contribution in [0.25, 0.3) is 43.4 Å². The molecule has 0 amide bonds. The molecule has 0 atom stereocenters. The maximum absolute atomic E-state index is 4.95. The van der Waals surface area contributed by atoms with Crippen LogP contribution in [0.4, 0.5) is 0 Å². The number of rotatable bonds is 1. The summed E-state index contributed by atoms with van der Waals surface area (Å²) in [6, 6.07) is 26.1. The molecule has 0 spiro atoms. The molecule has 114 valence electrons. The lowest BCUT2D eigenvalue weighted by molar-refractivity contribution is 1.16. The van der Waals surface area contributed by atoms with Crippen molar-refractivity contribution in [2.75, 3.05) is 0 Å². The molecule has 0 aliphatic carbocycles. The maximum Gasteiger partial charge on any atom is 0.0716 e. The second kappa shape index (κ2) is 5.04. The van der Waals surface area contributed by atoms with E-state index in [1.54, 1.807) is 0 Å². The van der Waals surface area contributed by atoms with E-state index < -0.39 is 0 Å². The maximum atomic E-state index is 4.95. The minimum absolute atomic E-state index is 1.03. The van der Waals surface area contributed by atoms with E-state index in [2.05, 4.69) is 79.7 Å². The van der Waals surface area contributed by atoms with Crippen LogP contribution in [0.2, 0.25) is 0 Å². The highest BCUT2D eigenvalue weighted by Crippen LogP contribution is 2.32. The number of nitrogens with zero attached hydrogens (tertiary/aromatic N) is 1. The van der Waals surface area contributed by atoms with Gasteiger partial charge in [-0.1, -0.05) is 61.5 Å². The quantitative estimate of drug-likeness (QED) is 0.263. The van der Waals surface area contributed by atoms with Crippen LogP contribution < -0.4 is 0 Å². The summed E-state index contributed by atoms with van der Waals surface area (Å²) in [5.74, 6) is 0. The lowest BCUT2D eigenvalue weighted by Gasteiger charge is -2.10. The number of hydrogen-bond acceptors (Lipinski definition) is 1. The molecule has 5 aromatic rings. The lowest BCUT2D eigenvalue weighted by atomic mass is 9.96. The van der Waals surface area contributed by atoms with Gasteiger partial charge in [0.05, 0.1) is 11.0 Å². The standard InChI is InChI=1S/C23H17N/c1-2-15-7-5-8-17-11-13-22-20(23(15)17)14-19-18-9-4-3-6-16(18)10-12-21(19)24-22/h3-14H,2H2,1H3. The number of aryl methyl sites for hydroxylation is 1. The molecule has 1 heterocycles. The molecule has 5 rings (SSSR count). The van der Waals surface area contributed by atoms with Crippen molar-refractivity contribution in [3.63, 3.8) is 0 Å². The molecular formula is C23H17N. The number of pyridine rings is 1. The SMILES string of the molecule is CCc1cccc2ccc3nc4ccc5ccccc5c4cc3c12. The second-order valence-corrected chi connectivity index (χ2v) is 6.34. The van der Waals surface area contributed by atoms with Crippen LogP contribution in [0.1, 0.15) is 12.5 Å². The summed E-state index contributed by atoms with van der Waals surface area (Å²) in [5.41, 5.74) is 3.53. The third-order valence-corrected chi connectivity index (χ3v) is 5.01. The normalized spacial score (nSPS) is 11.7. The van der Waals surface area contributed by atoms with E-state index in [4.69, 9.17) is 4.98 Å². The summed E-state index contributed by atoms with van der Waals surface area (Å²) in [7, 11) is 0. The minimum Gasteiger partial charge on any atom is -0.248 e. The Morgan fingerprint density at radius 3 is 2.29 bits per heavy atom. The first kappa shape index (κ1) is 13.5. The van der Waals surface area contributed by atoms with Crippen LogP contribution in [0, 0.1) is 0 Å². The Labute approximate surface area is 140 Å². The second-order valence-electron chi connectivity index (χ2n) is 6.34. The van der Waals surface area contributed by atoms with Gasteiger partial charge in [-0.2, -0.15) is 0 Å². The molecule has 0 bridgehead atoms. The Hall–Kier alpha value is -2.93. The molecular weight excluding hydrogens is 290 g/mol. The van der Waals surface area contributed by atoms with Gasteiger partial charge in [0.2, 0.25) is 0 Å². The van der Waals surface area contributed by atoms with Gasteiger partial charge in [0, 0.05) is 10.8 Å². The third kappa shape index (κ3) is 1.85. The van der Waals surface area contributed by atoms with Crippen LogP contribution in [0.5, 0.6) is 0 Å². The van der Waals surface area contributed by atoms with Gasteiger partial charge in [-0.05, 0) is 51.7 Å². The monoisotopic (exact) mass is 307 g/mol. The van der Waals surface area contributed by atoms with E-state index in [0.29, 0.717) is 0 Å². The zero-order chi connectivity index (χ0) is 16.1. The molecule has 0 radical (unpaired) electrons. The van der Waals surface area contributed by atoms with Gasteiger partial charge in [-0.15, -0.1) is 0 Å². The first-order valence-electron chi connectivity index (χ1n) is 8.48. The van der Waals surface area contributed by atoms with Crippen molar-refractivity contribution in [3.8, 4) is 0 Å². The zero-order valence-electron chi connectivity index (χ0n) is 13.6. The first-order chi connectivity index (χ1) is 11.8. The van der Waals surface area contributed by atoms with E-state index in [9.17, 15) is 0 Å². The summed E-state index contributed by atoms with van der Waals surface area (Å²) < 4.78 is 0. The minimum atomic E-state index is 1.03. The third-order valence-electron chi connectivity index (χ3n) is 5.01. The van der Waals surface area contributed by atoms with Crippen LogP contribution in [-0.2, 0) is 6.42 Å². The molecule has 0 aliphatic rings. The summed E-state index contributed by atoms with van der Waals surface area (Å²) in [5, 5.41) is 7.67. The predicted octanol–water partition coefficient (Wildman–Crippen LogP) is 6.26. The fourth-order valence-electron chi connectivity index (χ4n) is 3.82. The Morgan fingerprint density at radius 1 is 0.667 bits per heavy atom. The predicted molar refractivity (Wildman–Crippen MR) is 104 cm³/mol. The highest BCUT2D eigenvalue weighted by Gasteiger charge is 2.09. The summed E-state index contributed by atoms with van der Waals surface area (Å²) >= 11 is 0. The largest absolute Gasteiger partial charge is 0.248 e. The fourth-order valence-corrected chi connectivity index (χ4v) is 3.82. The van der Waals surface area contributed by atoms with E-state index in [-0.39, 0.29) is 0 Å². The average molecular weight is 307 g/mol. The van der Waals surface area contributed by atoms with E-state index >= 15 is 0 Å². The van der Waals surface area contributed by atoms with E-state index in [0.717, 1.165) is 17.5 Å². The lowest BCUT2D eigenvalue weighted by Crippen LogP contribution is -1.89. The van der Waals surface area contributed by atoms with Gasteiger partial charge in [-0.3, -0.25) is 0 Å². The molecule has 1 aromatic heterocycles. The Bertz CT molecular complexity index is 1230. The molecule has 1 nitrogen and oxygen atoms in total. The van der Waals surface area contributed by atoms with Crippen LogP contribution in [0.3, 0.4) is 0 Å². The smallest absolute Gasteiger partial charge is 0.0716 e. The highest BCUT2D eigenvalue weighted by atomic mass is 14.7. The molecule has 0 saturated heterocycles.